The van der Waals surface area contributed by atoms with E-state index in [1.165, 1.54) is 16.7 Å². The molecule has 152 valence electrons. The van der Waals surface area contributed by atoms with E-state index in [4.69, 9.17) is 5.11 Å². The molecule has 3 aromatic rings. The predicted octanol–water partition coefficient (Wildman–Crippen LogP) is 4.97. The zero-order valence-corrected chi connectivity index (χ0v) is 17.1. The van der Waals surface area contributed by atoms with Crippen LogP contribution in [0, 0.1) is 6.92 Å². The lowest BCUT2D eigenvalue weighted by Gasteiger charge is -2.14. The Kier molecular flexibility index (Phi) is 11.4. The van der Waals surface area contributed by atoms with E-state index in [0.29, 0.717) is 6.41 Å². The number of rotatable bonds is 6. The summed E-state index contributed by atoms with van der Waals surface area (Å²) in [6.07, 6.45) is 0.631. The maximum absolute atomic E-state index is 10.2. The zero-order valence-electron chi connectivity index (χ0n) is 17.1. The number of aryl methyl sites for hydroxylation is 1. The van der Waals surface area contributed by atoms with Gasteiger partial charge in [0.2, 0.25) is 6.41 Å². The van der Waals surface area contributed by atoms with Crippen LogP contribution in [0.4, 0.5) is 5.69 Å². The molecule has 0 unspecified atom stereocenters. The average molecular weight is 391 g/mol. The fourth-order valence-electron chi connectivity index (χ4n) is 2.65. The van der Waals surface area contributed by atoms with Crippen LogP contribution in [0.15, 0.2) is 92.0 Å². The zero-order chi connectivity index (χ0) is 21.5. The number of aliphatic hydroxyl groups is 1. The monoisotopic (exact) mass is 390 g/mol. The van der Waals surface area contributed by atoms with Crippen LogP contribution in [-0.2, 0) is 4.79 Å². The van der Waals surface area contributed by atoms with Gasteiger partial charge < -0.3 is 15.7 Å². The first-order valence-electron chi connectivity index (χ1n) is 9.38. The van der Waals surface area contributed by atoms with Gasteiger partial charge in [-0.05, 0) is 42.8 Å². The molecule has 0 aliphatic heterocycles. The minimum absolute atomic E-state index is 0.0288. The van der Waals surface area contributed by atoms with E-state index in [9.17, 15) is 4.79 Å². The Morgan fingerprint density at radius 3 is 2.10 bits per heavy atom. The molecule has 3 aromatic carbocycles. The molecule has 0 saturated carbocycles. The minimum atomic E-state index is -0.0941. The molecular formula is C25H30N2O2. The Morgan fingerprint density at radius 1 is 0.931 bits per heavy atom. The number of hydrogen-bond donors (Lipinski definition) is 3. The van der Waals surface area contributed by atoms with Crippen LogP contribution in [0.1, 0.15) is 17.2 Å². The van der Waals surface area contributed by atoms with Gasteiger partial charge in [0.25, 0.3) is 0 Å². The number of hydrogen-bond acceptors (Lipinski definition) is 3. The van der Waals surface area contributed by atoms with E-state index in [1.54, 1.807) is 13.1 Å². The number of likely N-dealkylation sites (N-methyl/N-ethyl adjacent to an activating group) is 1. The van der Waals surface area contributed by atoms with Crippen LogP contribution in [0.3, 0.4) is 0 Å². The number of aliphatic hydroxyl groups excluding tert-OH is 1. The number of carbonyl (C=O) groups is 1. The summed E-state index contributed by atoms with van der Waals surface area (Å²) in [6, 6.07) is 26.3. The van der Waals surface area contributed by atoms with E-state index < -0.39 is 0 Å². The molecule has 1 amide bonds. The molecule has 0 bridgehead atoms. The summed E-state index contributed by atoms with van der Waals surface area (Å²) in [5.41, 5.74) is 5.54. The largest absolute Gasteiger partial charge is 0.394 e. The van der Waals surface area contributed by atoms with Crippen LogP contribution < -0.4 is 10.6 Å². The molecule has 0 heterocycles. The smallest absolute Gasteiger partial charge is 0.211 e. The maximum Gasteiger partial charge on any atom is 0.211 e. The number of benzene rings is 3. The molecule has 3 N–H and O–H groups in total. The van der Waals surface area contributed by atoms with Gasteiger partial charge in [0, 0.05) is 5.69 Å². The van der Waals surface area contributed by atoms with Crippen molar-refractivity contribution in [2.75, 3.05) is 19.0 Å². The SMILES string of the molecule is C=C.CN[C@@H](CO)c1cccc(NC=O)c1.Cc1ccc(-c2ccccc2)cc1. The Balaban J connectivity index is 0.000000268. The molecule has 0 aromatic heterocycles. The second kappa shape index (κ2) is 13.9. The van der Waals surface area contributed by atoms with Gasteiger partial charge in [-0.3, -0.25) is 4.79 Å². The lowest BCUT2D eigenvalue weighted by Crippen LogP contribution is -2.19. The first-order chi connectivity index (χ1) is 14.2. The lowest BCUT2D eigenvalue weighted by molar-refractivity contribution is -0.105. The molecule has 1 atom stereocenters. The second-order valence-corrected chi connectivity index (χ2v) is 6.14. The average Bonchev–Trinajstić information content (AvgIpc) is 2.78. The van der Waals surface area contributed by atoms with Crippen molar-refractivity contribution in [2.45, 2.75) is 13.0 Å². The van der Waals surface area contributed by atoms with Crippen LogP contribution in [0.5, 0.6) is 0 Å². The maximum atomic E-state index is 10.2. The van der Waals surface area contributed by atoms with Crippen LogP contribution in [0.25, 0.3) is 11.1 Å². The van der Waals surface area contributed by atoms with E-state index in [0.717, 1.165) is 11.3 Å². The summed E-state index contributed by atoms with van der Waals surface area (Å²) in [6.45, 7) is 8.13. The fourth-order valence-corrected chi connectivity index (χ4v) is 2.65. The highest BCUT2D eigenvalue weighted by atomic mass is 16.3. The standard InChI is InChI=1S/C13H12.C10H14N2O2.C2H4/c1-11-7-9-13(10-8-11)12-5-3-2-4-6-12;1-11-10(6-13)8-3-2-4-9(5-8)12-7-14;1-2/h2-10H,1H3;2-5,7,10-11,13H,6H2,1H3,(H,12,14);1-2H2/t;10-;/m.0./s1. The molecule has 0 radical (unpaired) electrons. The topological polar surface area (TPSA) is 61.4 Å². The highest BCUT2D eigenvalue weighted by Gasteiger charge is 2.07. The van der Waals surface area contributed by atoms with E-state index in [1.807, 2.05) is 24.3 Å². The van der Waals surface area contributed by atoms with Gasteiger partial charge in [0.1, 0.15) is 0 Å². The molecule has 4 nitrogen and oxygen atoms in total. The minimum Gasteiger partial charge on any atom is -0.394 e. The van der Waals surface area contributed by atoms with Crippen molar-refractivity contribution in [1.29, 1.82) is 0 Å². The van der Waals surface area contributed by atoms with Gasteiger partial charge in [0.05, 0.1) is 12.6 Å². The van der Waals surface area contributed by atoms with Gasteiger partial charge in [-0.15, -0.1) is 13.2 Å². The van der Waals surface area contributed by atoms with Crippen molar-refractivity contribution in [3.63, 3.8) is 0 Å². The second-order valence-electron chi connectivity index (χ2n) is 6.14. The summed E-state index contributed by atoms with van der Waals surface area (Å²) < 4.78 is 0. The lowest BCUT2D eigenvalue weighted by atomic mass is 10.0. The van der Waals surface area contributed by atoms with Crippen molar-refractivity contribution in [3.8, 4) is 11.1 Å². The van der Waals surface area contributed by atoms with Crippen molar-refractivity contribution < 1.29 is 9.90 Å². The predicted molar refractivity (Wildman–Crippen MR) is 123 cm³/mol. The molecule has 4 heteroatoms. The van der Waals surface area contributed by atoms with Gasteiger partial charge >= 0.3 is 0 Å². The Hall–Kier alpha value is -3.21. The molecule has 0 spiro atoms. The first-order valence-corrected chi connectivity index (χ1v) is 9.38. The van der Waals surface area contributed by atoms with Crippen molar-refractivity contribution in [2.24, 2.45) is 0 Å². The van der Waals surface area contributed by atoms with Crippen LogP contribution in [-0.4, -0.2) is 25.2 Å². The summed E-state index contributed by atoms with van der Waals surface area (Å²) in [4.78, 5) is 10.2. The third kappa shape index (κ3) is 8.13. The normalized spacial score (nSPS) is 10.4. The van der Waals surface area contributed by atoms with Gasteiger partial charge in [-0.25, -0.2) is 0 Å². The van der Waals surface area contributed by atoms with Crippen molar-refractivity contribution >= 4 is 12.1 Å². The van der Waals surface area contributed by atoms with Crippen molar-refractivity contribution in [3.05, 3.63) is 103 Å². The fraction of sp³-hybridized carbons (Fsp3) is 0.160. The highest BCUT2D eigenvalue weighted by Crippen LogP contribution is 2.18. The number of amides is 1. The Bertz CT molecular complexity index is 829. The van der Waals surface area contributed by atoms with Gasteiger partial charge in [-0.2, -0.15) is 0 Å². The number of nitrogens with one attached hydrogen (secondary N) is 2. The van der Waals surface area contributed by atoms with Crippen LogP contribution >= 0.6 is 0 Å². The summed E-state index contributed by atoms with van der Waals surface area (Å²) in [5.74, 6) is 0. The van der Waals surface area contributed by atoms with Crippen molar-refractivity contribution in [1.82, 2.24) is 5.32 Å². The summed E-state index contributed by atoms with van der Waals surface area (Å²) in [5, 5.41) is 14.6. The first kappa shape index (κ1) is 23.8. The van der Waals surface area contributed by atoms with Crippen LogP contribution in [0.2, 0.25) is 0 Å². The molecule has 0 aliphatic rings. The molecule has 0 saturated heterocycles. The van der Waals surface area contributed by atoms with Gasteiger partial charge in [-0.1, -0.05) is 72.3 Å². The number of carbonyl (C=O) groups excluding carboxylic acids is 1. The van der Waals surface area contributed by atoms with E-state index in [-0.39, 0.29) is 12.6 Å². The third-order valence-electron chi connectivity index (χ3n) is 4.20. The summed E-state index contributed by atoms with van der Waals surface area (Å²) >= 11 is 0. The number of anilines is 1. The van der Waals surface area contributed by atoms with Gasteiger partial charge in [0.15, 0.2) is 0 Å². The highest BCUT2D eigenvalue weighted by molar-refractivity contribution is 5.71. The molecular weight excluding hydrogens is 360 g/mol. The van der Waals surface area contributed by atoms with E-state index in [2.05, 4.69) is 79.2 Å². The Labute approximate surface area is 173 Å². The summed E-state index contributed by atoms with van der Waals surface area (Å²) in [7, 11) is 1.78. The van der Waals surface area contributed by atoms with E-state index >= 15 is 0 Å². The molecule has 3 rings (SSSR count). The Morgan fingerprint density at radius 2 is 1.55 bits per heavy atom. The quantitative estimate of drug-likeness (QED) is 0.411. The third-order valence-corrected chi connectivity index (χ3v) is 4.20. The molecule has 0 aliphatic carbocycles. The molecule has 0 fully saturated rings. The molecule has 29 heavy (non-hydrogen) atoms.